The number of aliphatic hydroxyl groups is 1. The van der Waals surface area contributed by atoms with Crippen molar-refractivity contribution in [2.45, 2.75) is 45.6 Å². The summed E-state index contributed by atoms with van der Waals surface area (Å²) in [5, 5.41) is 15.4. The van der Waals surface area contributed by atoms with E-state index in [9.17, 15) is 5.11 Å². The molecule has 0 radical (unpaired) electrons. The first kappa shape index (κ1) is 12.6. The maximum absolute atomic E-state index is 11.2. The molecule has 0 amide bonds. The van der Waals surface area contributed by atoms with Crippen LogP contribution in [0.1, 0.15) is 45.7 Å². The Balaban J connectivity index is 2.39. The SMILES string of the molecule is CC1CCC(C(C)C)C(O)(c2ccnn2C)C1. The Morgan fingerprint density at radius 3 is 2.71 bits per heavy atom. The minimum atomic E-state index is -0.697. The summed E-state index contributed by atoms with van der Waals surface area (Å²) < 4.78 is 1.83. The Hall–Kier alpha value is -0.830. The third-order valence-corrected chi connectivity index (χ3v) is 4.31. The number of hydrogen-bond donors (Lipinski definition) is 1. The lowest BCUT2D eigenvalue weighted by atomic mass is 9.65. The lowest BCUT2D eigenvalue weighted by Crippen LogP contribution is -2.44. The molecule has 0 bridgehead atoms. The van der Waals surface area contributed by atoms with Crippen molar-refractivity contribution in [3.63, 3.8) is 0 Å². The van der Waals surface area contributed by atoms with E-state index in [0.29, 0.717) is 17.8 Å². The summed E-state index contributed by atoms with van der Waals surface area (Å²) in [6.07, 6.45) is 4.98. The van der Waals surface area contributed by atoms with Crippen molar-refractivity contribution in [3.05, 3.63) is 18.0 Å². The molecule has 1 aromatic heterocycles. The van der Waals surface area contributed by atoms with Gasteiger partial charge in [-0.2, -0.15) is 5.10 Å². The van der Waals surface area contributed by atoms with Crippen LogP contribution in [0, 0.1) is 17.8 Å². The predicted molar refractivity (Wildman–Crippen MR) is 68.4 cm³/mol. The molecular formula is C14H24N2O. The van der Waals surface area contributed by atoms with Gasteiger partial charge in [0, 0.05) is 13.2 Å². The fraction of sp³-hybridized carbons (Fsp3) is 0.786. The van der Waals surface area contributed by atoms with Gasteiger partial charge in [-0.3, -0.25) is 4.68 Å². The molecule has 3 atom stereocenters. The Labute approximate surface area is 104 Å². The lowest BCUT2D eigenvalue weighted by Gasteiger charge is -2.44. The van der Waals surface area contributed by atoms with Gasteiger partial charge in [-0.05, 0) is 36.7 Å². The van der Waals surface area contributed by atoms with Crippen LogP contribution >= 0.6 is 0 Å². The van der Waals surface area contributed by atoms with E-state index in [1.165, 1.54) is 6.42 Å². The van der Waals surface area contributed by atoms with Crippen molar-refractivity contribution in [3.8, 4) is 0 Å². The first-order valence-electron chi connectivity index (χ1n) is 6.66. The Kier molecular flexibility index (Phi) is 3.30. The molecule has 96 valence electrons. The molecule has 1 saturated carbocycles. The van der Waals surface area contributed by atoms with E-state index >= 15 is 0 Å². The molecule has 3 nitrogen and oxygen atoms in total. The lowest BCUT2D eigenvalue weighted by molar-refractivity contribution is -0.0920. The molecule has 3 unspecified atom stereocenters. The average Bonchev–Trinajstić information content (AvgIpc) is 2.64. The van der Waals surface area contributed by atoms with Crippen LogP contribution < -0.4 is 0 Å². The van der Waals surface area contributed by atoms with Crippen molar-refractivity contribution in [2.24, 2.45) is 24.8 Å². The van der Waals surface area contributed by atoms with E-state index in [1.54, 1.807) is 6.20 Å². The van der Waals surface area contributed by atoms with E-state index in [2.05, 4.69) is 25.9 Å². The molecule has 0 saturated heterocycles. The van der Waals surface area contributed by atoms with Crippen LogP contribution in [0.4, 0.5) is 0 Å². The minimum absolute atomic E-state index is 0.342. The number of hydrogen-bond acceptors (Lipinski definition) is 2. The molecular weight excluding hydrogens is 212 g/mol. The maximum atomic E-state index is 11.2. The number of nitrogens with zero attached hydrogens (tertiary/aromatic N) is 2. The Bertz CT molecular complexity index is 385. The van der Waals surface area contributed by atoms with E-state index in [0.717, 1.165) is 18.5 Å². The number of aromatic nitrogens is 2. The summed E-state index contributed by atoms with van der Waals surface area (Å²) >= 11 is 0. The van der Waals surface area contributed by atoms with Gasteiger partial charge in [-0.1, -0.05) is 27.2 Å². The molecule has 0 aliphatic heterocycles. The average molecular weight is 236 g/mol. The van der Waals surface area contributed by atoms with Crippen molar-refractivity contribution in [1.29, 1.82) is 0 Å². The summed E-state index contributed by atoms with van der Waals surface area (Å²) in [5.41, 5.74) is 0.277. The number of rotatable bonds is 2. The fourth-order valence-electron chi connectivity index (χ4n) is 3.47. The highest BCUT2D eigenvalue weighted by Crippen LogP contribution is 2.46. The Morgan fingerprint density at radius 1 is 1.47 bits per heavy atom. The highest BCUT2D eigenvalue weighted by atomic mass is 16.3. The van der Waals surface area contributed by atoms with Crippen molar-refractivity contribution >= 4 is 0 Å². The van der Waals surface area contributed by atoms with E-state index in [-0.39, 0.29) is 0 Å². The molecule has 0 aromatic carbocycles. The van der Waals surface area contributed by atoms with Gasteiger partial charge in [0.2, 0.25) is 0 Å². The van der Waals surface area contributed by atoms with Crippen molar-refractivity contribution < 1.29 is 5.11 Å². The van der Waals surface area contributed by atoms with Crippen LogP contribution in [0.3, 0.4) is 0 Å². The normalized spacial score (nSPS) is 34.2. The van der Waals surface area contributed by atoms with Gasteiger partial charge in [-0.25, -0.2) is 0 Å². The summed E-state index contributed by atoms with van der Waals surface area (Å²) in [6.45, 7) is 6.65. The van der Waals surface area contributed by atoms with Gasteiger partial charge < -0.3 is 5.11 Å². The molecule has 1 aliphatic carbocycles. The predicted octanol–water partition coefficient (Wildman–Crippen LogP) is 2.70. The van der Waals surface area contributed by atoms with Gasteiger partial charge in [0.1, 0.15) is 5.60 Å². The van der Waals surface area contributed by atoms with Gasteiger partial charge in [0.15, 0.2) is 0 Å². The molecule has 1 heterocycles. The van der Waals surface area contributed by atoms with Crippen molar-refractivity contribution in [2.75, 3.05) is 0 Å². The molecule has 17 heavy (non-hydrogen) atoms. The van der Waals surface area contributed by atoms with Crippen molar-refractivity contribution in [1.82, 2.24) is 9.78 Å². The second-order valence-corrected chi connectivity index (χ2v) is 6.00. The van der Waals surface area contributed by atoms with Gasteiger partial charge in [-0.15, -0.1) is 0 Å². The topological polar surface area (TPSA) is 38.1 Å². The quantitative estimate of drug-likeness (QED) is 0.857. The van der Waals surface area contributed by atoms with Crippen LogP contribution in [-0.4, -0.2) is 14.9 Å². The van der Waals surface area contributed by atoms with Gasteiger partial charge in [0.05, 0.1) is 5.69 Å². The molecule has 3 heteroatoms. The monoisotopic (exact) mass is 236 g/mol. The smallest absolute Gasteiger partial charge is 0.109 e. The van der Waals surface area contributed by atoms with Crippen LogP contribution in [-0.2, 0) is 12.6 Å². The van der Waals surface area contributed by atoms with Gasteiger partial charge >= 0.3 is 0 Å². The summed E-state index contributed by atoms with van der Waals surface area (Å²) in [4.78, 5) is 0. The van der Waals surface area contributed by atoms with Crippen LogP contribution in [0.5, 0.6) is 0 Å². The largest absolute Gasteiger partial charge is 0.383 e. The molecule has 2 rings (SSSR count). The first-order valence-corrected chi connectivity index (χ1v) is 6.66. The summed E-state index contributed by atoms with van der Waals surface area (Å²) in [7, 11) is 1.92. The Morgan fingerprint density at radius 2 is 2.18 bits per heavy atom. The molecule has 1 aliphatic rings. The zero-order valence-corrected chi connectivity index (χ0v) is 11.3. The van der Waals surface area contributed by atoms with E-state index in [4.69, 9.17) is 0 Å². The molecule has 1 fully saturated rings. The van der Waals surface area contributed by atoms with Crippen LogP contribution in [0.2, 0.25) is 0 Å². The van der Waals surface area contributed by atoms with E-state index in [1.807, 2.05) is 17.8 Å². The third kappa shape index (κ3) is 2.13. The third-order valence-electron chi connectivity index (χ3n) is 4.31. The summed E-state index contributed by atoms with van der Waals surface area (Å²) in [5.74, 6) is 1.43. The standard InChI is InChI=1S/C14H24N2O/c1-10(2)12-6-5-11(3)9-14(12,17)13-7-8-15-16(13)4/h7-8,10-12,17H,5-6,9H2,1-4H3. The number of aryl methyl sites for hydroxylation is 1. The highest BCUT2D eigenvalue weighted by Gasteiger charge is 2.45. The minimum Gasteiger partial charge on any atom is -0.383 e. The second-order valence-electron chi connectivity index (χ2n) is 6.00. The van der Waals surface area contributed by atoms with Crippen LogP contribution in [0.15, 0.2) is 12.3 Å². The van der Waals surface area contributed by atoms with Gasteiger partial charge in [0.25, 0.3) is 0 Å². The maximum Gasteiger partial charge on any atom is 0.109 e. The first-order chi connectivity index (χ1) is 7.95. The van der Waals surface area contributed by atoms with Crippen LogP contribution in [0.25, 0.3) is 0 Å². The highest BCUT2D eigenvalue weighted by molar-refractivity contribution is 5.15. The van der Waals surface area contributed by atoms with E-state index < -0.39 is 5.60 Å². The fourth-order valence-corrected chi connectivity index (χ4v) is 3.47. The molecule has 1 N–H and O–H groups in total. The zero-order valence-electron chi connectivity index (χ0n) is 11.3. The second kappa shape index (κ2) is 4.45. The summed E-state index contributed by atoms with van der Waals surface area (Å²) in [6, 6.07) is 1.97. The molecule has 1 aromatic rings. The zero-order chi connectivity index (χ0) is 12.6. The molecule has 0 spiro atoms.